The Morgan fingerprint density at radius 2 is 1.50 bits per heavy atom. The van der Waals surface area contributed by atoms with Crippen LogP contribution in [0, 0.1) is 0 Å². The van der Waals surface area contributed by atoms with Crippen molar-refractivity contribution in [2.75, 3.05) is 6.61 Å². The highest BCUT2D eigenvalue weighted by molar-refractivity contribution is 4.78. The highest BCUT2D eigenvalue weighted by atomic mass is 16.5. The summed E-state index contributed by atoms with van der Waals surface area (Å²) in [5.74, 6) is 0.895. The van der Waals surface area contributed by atoms with Gasteiger partial charge in [-0.3, -0.25) is 0 Å². The molecule has 0 radical (unpaired) electrons. The summed E-state index contributed by atoms with van der Waals surface area (Å²) in [6.07, 6.45) is 2.00. The van der Waals surface area contributed by atoms with Crippen molar-refractivity contribution in [3.63, 3.8) is 0 Å². The van der Waals surface area contributed by atoms with Crippen molar-refractivity contribution in [1.82, 2.24) is 0 Å². The van der Waals surface area contributed by atoms with Crippen molar-refractivity contribution in [1.29, 1.82) is 0 Å². The monoisotopic (exact) mass is 174 g/mol. The van der Waals surface area contributed by atoms with Gasteiger partial charge in [0.15, 0.2) is 0 Å². The van der Waals surface area contributed by atoms with Crippen LogP contribution in [0.2, 0.25) is 0 Å². The molecule has 0 saturated heterocycles. The molecule has 0 bridgehead atoms. The zero-order valence-corrected chi connectivity index (χ0v) is 9.74. The van der Waals surface area contributed by atoms with E-state index < -0.39 is 0 Å². The second-order valence-electron chi connectivity index (χ2n) is 1.74. The minimum atomic E-state index is 0.812. The maximum atomic E-state index is 5.15. The molecule has 0 rings (SSSR count). The molecule has 0 amide bonds. The minimum absolute atomic E-state index is 0.812. The summed E-state index contributed by atoms with van der Waals surface area (Å²) in [6.45, 7) is 16.6. The van der Waals surface area contributed by atoms with Crippen molar-refractivity contribution in [3.05, 3.63) is 12.3 Å². The molecule has 0 saturated carbocycles. The van der Waals surface area contributed by atoms with Gasteiger partial charge in [-0.15, -0.1) is 0 Å². The molecule has 1 heteroatoms. The molecule has 0 aromatic rings. The van der Waals surface area contributed by atoms with Crippen LogP contribution >= 0.6 is 0 Å². The average molecular weight is 174 g/mol. The van der Waals surface area contributed by atoms with E-state index in [1.54, 1.807) is 0 Å². The van der Waals surface area contributed by atoms with Crippen molar-refractivity contribution in [2.24, 2.45) is 0 Å². The van der Waals surface area contributed by atoms with E-state index in [0.29, 0.717) is 0 Å². The second kappa shape index (κ2) is 22.4. The van der Waals surface area contributed by atoms with Gasteiger partial charge < -0.3 is 4.74 Å². The Morgan fingerprint density at radius 3 is 1.75 bits per heavy atom. The normalized spacial score (nSPS) is 6.83. The summed E-state index contributed by atoms with van der Waals surface area (Å²) in [7, 11) is 0. The molecule has 0 aliphatic carbocycles. The first-order chi connectivity index (χ1) is 5.81. The van der Waals surface area contributed by atoms with Gasteiger partial charge in [0.05, 0.1) is 12.4 Å². The van der Waals surface area contributed by atoms with Crippen LogP contribution in [0.4, 0.5) is 0 Å². The van der Waals surface area contributed by atoms with Gasteiger partial charge in [0, 0.05) is 6.42 Å². The van der Waals surface area contributed by atoms with Gasteiger partial charge in [0.1, 0.15) is 0 Å². The number of hydrogen-bond acceptors (Lipinski definition) is 1. The third-order valence-corrected chi connectivity index (χ3v) is 0.905. The lowest BCUT2D eigenvalue weighted by atomic mass is 10.4. The van der Waals surface area contributed by atoms with Crippen LogP contribution in [-0.2, 0) is 4.74 Å². The summed E-state index contributed by atoms with van der Waals surface area (Å²) in [5.41, 5.74) is 0. The number of rotatable bonds is 4. The molecular formula is C11H26O. The molecule has 0 aromatic heterocycles. The summed E-state index contributed by atoms with van der Waals surface area (Å²) in [5, 5.41) is 0. The van der Waals surface area contributed by atoms with E-state index in [-0.39, 0.29) is 0 Å². The Kier molecular flexibility index (Phi) is 32.9. The van der Waals surface area contributed by atoms with Crippen LogP contribution in [0.15, 0.2) is 12.3 Å². The molecule has 0 spiro atoms. The van der Waals surface area contributed by atoms with Gasteiger partial charge in [0.25, 0.3) is 0 Å². The van der Waals surface area contributed by atoms with Gasteiger partial charge in [0.2, 0.25) is 0 Å². The molecule has 0 heterocycles. The maximum Gasteiger partial charge on any atom is 0.0885 e. The molecule has 0 aliphatic heterocycles. The van der Waals surface area contributed by atoms with E-state index in [4.69, 9.17) is 4.74 Å². The van der Waals surface area contributed by atoms with Gasteiger partial charge in [-0.1, -0.05) is 48.1 Å². The maximum absolute atomic E-state index is 5.15. The molecule has 12 heavy (non-hydrogen) atoms. The third kappa shape index (κ3) is 22.7. The number of ether oxygens (including phenoxy) is 1. The molecule has 0 N–H and O–H groups in total. The van der Waals surface area contributed by atoms with E-state index in [9.17, 15) is 0 Å². The number of allylic oxidation sites excluding steroid dienone is 1. The topological polar surface area (TPSA) is 9.23 Å². The SMILES string of the molecule is C=C(CC)OCCC.CC.CC. The first-order valence-electron chi connectivity index (χ1n) is 5.11. The van der Waals surface area contributed by atoms with Crippen molar-refractivity contribution in [3.8, 4) is 0 Å². The zero-order chi connectivity index (χ0) is 10.4. The molecule has 0 fully saturated rings. The smallest absolute Gasteiger partial charge is 0.0885 e. The predicted octanol–water partition coefficient (Wildman–Crippen LogP) is 4.39. The lowest BCUT2D eigenvalue weighted by Gasteiger charge is -2.02. The number of hydrogen-bond donors (Lipinski definition) is 0. The quantitative estimate of drug-likeness (QED) is 0.574. The summed E-state index contributed by atoms with van der Waals surface area (Å²) < 4.78 is 5.15. The Hall–Kier alpha value is -0.460. The molecule has 0 aromatic carbocycles. The zero-order valence-electron chi connectivity index (χ0n) is 9.74. The second-order valence-corrected chi connectivity index (χ2v) is 1.74. The fraction of sp³-hybridized carbons (Fsp3) is 0.818. The van der Waals surface area contributed by atoms with E-state index in [1.807, 2.05) is 34.6 Å². The van der Waals surface area contributed by atoms with Gasteiger partial charge >= 0.3 is 0 Å². The summed E-state index contributed by atoms with van der Waals surface area (Å²) in [6, 6.07) is 0. The standard InChI is InChI=1S/C7H14O.2C2H6/c1-4-6-8-7(3)5-2;2*1-2/h3-6H2,1-2H3;2*1-2H3. The van der Waals surface area contributed by atoms with Crippen molar-refractivity contribution in [2.45, 2.75) is 54.4 Å². The fourth-order valence-corrected chi connectivity index (χ4v) is 0.348. The molecule has 1 nitrogen and oxygen atoms in total. The van der Waals surface area contributed by atoms with Gasteiger partial charge in [-0.25, -0.2) is 0 Å². The first kappa shape index (κ1) is 17.6. The van der Waals surface area contributed by atoms with Gasteiger partial charge in [-0.05, 0) is 6.42 Å². The Morgan fingerprint density at radius 1 is 1.08 bits per heavy atom. The molecule has 0 unspecified atom stereocenters. The summed E-state index contributed by atoms with van der Waals surface area (Å²) >= 11 is 0. The minimum Gasteiger partial charge on any atom is -0.499 e. The predicted molar refractivity (Wildman–Crippen MR) is 58.4 cm³/mol. The fourth-order valence-electron chi connectivity index (χ4n) is 0.348. The average Bonchev–Trinajstić information content (AvgIpc) is 2.20. The molecular weight excluding hydrogens is 148 g/mol. The van der Waals surface area contributed by atoms with E-state index >= 15 is 0 Å². The first-order valence-corrected chi connectivity index (χ1v) is 5.11. The lowest BCUT2D eigenvalue weighted by Crippen LogP contribution is -1.89. The molecule has 0 aliphatic rings. The van der Waals surface area contributed by atoms with Crippen molar-refractivity contribution >= 4 is 0 Å². The van der Waals surface area contributed by atoms with Crippen LogP contribution in [0.1, 0.15) is 54.4 Å². The van der Waals surface area contributed by atoms with Crippen LogP contribution < -0.4 is 0 Å². The highest BCUT2D eigenvalue weighted by Crippen LogP contribution is 1.97. The van der Waals surface area contributed by atoms with E-state index in [2.05, 4.69) is 13.5 Å². The van der Waals surface area contributed by atoms with Crippen LogP contribution in [-0.4, -0.2) is 6.61 Å². The Bertz CT molecular complexity index is 67.4. The lowest BCUT2D eigenvalue weighted by molar-refractivity contribution is 0.206. The van der Waals surface area contributed by atoms with Crippen LogP contribution in [0.3, 0.4) is 0 Å². The molecule has 0 atom stereocenters. The Labute approximate surface area is 78.8 Å². The largest absolute Gasteiger partial charge is 0.499 e. The van der Waals surface area contributed by atoms with E-state index in [0.717, 1.165) is 25.2 Å². The molecule has 76 valence electrons. The summed E-state index contributed by atoms with van der Waals surface area (Å²) in [4.78, 5) is 0. The highest BCUT2D eigenvalue weighted by Gasteiger charge is 1.85. The van der Waals surface area contributed by atoms with Gasteiger partial charge in [-0.2, -0.15) is 0 Å². The van der Waals surface area contributed by atoms with Crippen LogP contribution in [0.25, 0.3) is 0 Å². The van der Waals surface area contributed by atoms with Crippen LogP contribution in [0.5, 0.6) is 0 Å². The van der Waals surface area contributed by atoms with E-state index in [1.165, 1.54) is 0 Å². The third-order valence-electron chi connectivity index (χ3n) is 0.905. The Balaban J connectivity index is -0.000000175. The van der Waals surface area contributed by atoms with Crippen molar-refractivity contribution < 1.29 is 4.74 Å².